The molecule has 3 aromatic rings. The van der Waals surface area contributed by atoms with Crippen LogP contribution in [0, 0.1) is 0 Å². The summed E-state index contributed by atoms with van der Waals surface area (Å²) in [6.07, 6.45) is 4.62. The Kier molecular flexibility index (Phi) is 7.10. The Morgan fingerprint density at radius 2 is 1.76 bits per heavy atom. The first-order valence-corrected chi connectivity index (χ1v) is 10.9. The molecule has 1 aliphatic heterocycles. The largest absolute Gasteiger partial charge is 0.493 e. The minimum atomic E-state index is -0.208. The number of amides is 1. The van der Waals surface area contributed by atoms with Crippen molar-refractivity contribution in [1.82, 2.24) is 15.2 Å². The number of fused-ring (bicyclic) bond motifs is 1. The maximum absolute atomic E-state index is 13.1. The number of benzene rings is 2. The first-order valence-electron chi connectivity index (χ1n) is 10.9. The first-order chi connectivity index (χ1) is 16.1. The molecule has 1 atom stereocenters. The molecule has 1 aliphatic rings. The summed E-state index contributed by atoms with van der Waals surface area (Å²) < 4.78 is 16.1. The van der Waals surface area contributed by atoms with Crippen LogP contribution in [0.2, 0.25) is 0 Å². The lowest BCUT2D eigenvalue weighted by Crippen LogP contribution is -2.40. The molecule has 0 radical (unpaired) electrons. The van der Waals surface area contributed by atoms with E-state index in [4.69, 9.17) is 14.2 Å². The monoisotopic (exact) mass is 447 g/mol. The van der Waals surface area contributed by atoms with Crippen LogP contribution in [0.5, 0.6) is 17.2 Å². The molecule has 0 aliphatic carbocycles. The van der Waals surface area contributed by atoms with Gasteiger partial charge in [-0.2, -0.15) is 0 Å². The third-order valence-corrected chi connectivity index (χ3v) is 6.05. The molecule has 172 valence electrons. The number of rotatable bonds is 8. The van der Waals surface area contributed by atoms with E-state index in [1.807, 2.05) is 12.3 Å². The van der Waals surface area contributed by atoms with Gasteiger partial charge < -0.3 is 19.5 Å². The van der Waals surface area contributed by atoms with Crippen molar-refractivity contribution in [3.8, 4) is 17.2 Å². The molecule has 1 N–H and O–H groups in total. The van der Waals surface area contributed by atoms with Gasteiger partial charge in [0.25, 0.3) is 5.91 Å². The lowest BCUT2D eigenvalue weighted by Gasteiger charge is -2.36. The summed E-state index contributed by atoms with van der Waals surface area (Å²) in [4.78, 5) is 19.8. The minimum absolute atomic E-state index is 0.00181. The van der Waals surface area contributed by atoms with Gasteiger partial charge in [-0.15, -0.1) is 0 Å². The molecule has 2 aromatic carbocycles. The van der Waals surface area contributed by atoms with Crippen LogP contribution in [0.15, 0.2) is 60.9 Å². The molecular formula is C26H29N3O4. The zero-order valence-electron chi connectivity index (χ0n) is 19.2. The van der Waals surface area contributed by atoms with Gasteiger partial charge in [-0.05, 0) is 41.3 Å². The Labute approximate surface area is 194 Å². The Bertz CT molecular complexity index is 1080. The molecule has 33 heavy (non-hydrogen) atoms. The SMILES string of the molecule is COc1cc(C(=O)NC[C@H](c2cccnc2)N2CCc3ccccc3C2)cc(OC)c1OC. The van der Waals surface area contributed by atoms with E-state index in [9.17, 15) is 4.79 Å². The van der Waals surface area contributed by atoms with Gasteiger partial charge in [0.05, 0.1) is 27.4 Å². The van der Waals surface area contributed by atoms with Gasteiger partial charge in [0.15, 0.2) is 11.5 Å². The van der Waals surface area contributed by atoms with Crippen LogP contribution in [-0.4, -0.2) is 50.2 Å². The lowest BCUT2D eigenvalue weighted by atomic mass is 9.97. The molecule has 0 bridgehead atoms. The maximum Gasteiger partial charge on any atom is 0.251 e. The lowest BCUT2D eigenvalue weighted by molar-refractivity contribution is 0.0927. The standard InChI is InChI=1S/C26H29N3O4/c1-31-23-13-21(14-24(32-2)25(23)33-3)26(30)28-16-22(19-9-6-11-27-15-19)29-12-10-18-7-4-5-8-20(18)17-29/h4-9,11,13-15,22H,10,12,16-17H2,1-3H3,(H,28,30)/t22-/m1/s1. The summed E-state index contributed by atoms with van der Waals surface area (Å²) in [7, 11) is 4.60. The normalized spacial score (nSPS) is 14.2. The molecule has 4 rings (SSSR count). The van der Waals surface area contributed by atoms with E-state index < -0.39 is 0 Å². The summed E-state index contributed by atoms with van der Waals surface area (Å²) in [5.41, 5.74) is 4.23. The van der Waals surface area contributed by atoms with Gasteiger partial charge in [0.2, 0.25) is 5.75 Å². The highest BCUT2D eigenvalue weighted by Gasteiger charge is 2.26. The van der Waals surface area contributed by atoms with Crippen molar-refractivity contribution in [2.75, 3.05) is 34.4 Å². The van der Waals surface area contributed by atoms with Crippen molar-refractivity contribution in [1.29, 1.82) is 0 Å². The Hall–Kier alpha value is -3.58. The predicted molar refractivity (Wildman–Crippen MR) is 126 cm³/mol. The average Bonchev–Trinajstić information content (AvgIpc) is 2.88. The molecule has 0 fully saturated rings. The molecule has 1 amide bonds. The number of carbonyl (C=O) groups excluding carboxylic acids is 1. The highest BCUT2D eigenvalue weighted by Crippen LogP contribution is 2.38. The fraction of sp³-hybridized carbons (Fsp3) is 0.308. The Morgan fingerprint density at radius 1 is 1.03 bits per heavy atom. The zero-order valence-corrected chi connectivity index (χ0v) is 19.2. The number of hydrogen-bond donors (Lipinski definition) is 1. The van der Waals surface area contributed by atoms with E-state index in [-0.39, 0.29) is 11.9 Å². The number of nitrogens with zero attached hydrogens (tertiary/aromatic N) is 2. The van der Waals surface area contributed by atoms with Crippen LogP contribution in [0.3, 0.4) is 0 Å². The fourth-order valence-electron chi connectivity index (χ4n) is 4.32. The summed E-state index contributed by atoms with van der Waals surface area (Å²) in [5, 5.41) is 3.10. The van der Waals surface area contributed by atoms with Crippen LogP contribution >= 0.6 is 0 Å². The summed E-state index contributed by atoms with van der Waals surface area (Å²) in [6.45, 7) is 2.19. The van der Waals surface area contributed by atoms with E-state index in [1.54, 1.807) is 18.3 Å². The van der Waals surface area contributed by atoms with Crippen molar-refractivity contribution in [2.45, 2.75) is 19.0 Å². The van der Waals surface area contributed by atoms with E-state index in [1.165, 1.54) is 32.5 Å². The number of aromatic nitrogens is 1. The predicted octanol–water partition coefficient (Wildman–Crippen LogP) is 3.64. The minimum Gasteiger partial charge on any atom is -0.493 e. The van der Waals surface area contributed by atoms with E-state index in [0.29, 0.717) is 29.4 Å². The molecule has 7 heteroatoms. The highest BCUT2D eigenvalue weighted by atomic mass is 16.5. The van der Waals surface area contributed by atoms with Gasteiger partial charge >= 0.3 is 0 Å². The second-order valence-electron chi connectivity index (χ2n) is 7.92. The van der Waals surface area contributed by atoms with Crippen LogP contribution in [0.25, 0.3) is 0 Å². The van der Waals surface area contributed by atoms with Gasteiger partial charge in [0, 0.05) is 37.6 Å². The van der Waals surface area contributed by atoms with Crippen LogP contribution in [-0.2, 0) is 13.0 Å². The number of nitrogens with one attached hydrogen (secondary N) is 1. The van der Waals surface area contributed by atoms with Crippen LogP contribution in [0.1, 0.15) is 33.1 Å². The second-order valence-corrected chi connectivity index (χ2v) is 7.92. The molecule has 0 unspecified atom stereocenters. The van der Waals surface area contributed by atoms with Gasteiger partial charge in [-0.3, -0.25) is 14.7 Å². The van der Waals surface area contributed by atoms with E-state index in [0.717, 1.165) is 25.1 Å². The smallest absolute Gasteiger partial charge is 0.251 e. The van der Waals surface area contributed by atoms with Crippen molar-refractivity contribution in [3.05, 3.63) is 83.2 Å². The number of pyridine rings is 1. The number of ether oxygens (including phenoxy) is 3. The molecular weight excluding hydrogens is 418 g/mol. The third kappa shape index (κ3) is 4.93. The zero-order chi connectivity index (χ0) is 23.2. The Morgan fingerprint density at radius 3 is 2.39 bits per heavy atom. The Balaban J connectivity index is 1.55. The van der Waals surface area contributed by atoms with E-state index in [2.05, 4.69) is 45.5 Å². The number of carbonyl (C=O) groups is 1. The van der Waals surface area contributed by atoms with Crippen molar-refractivity contribution in [3.63, 3.8) is 0 Å². The molecule has 7 nitrogen and oxygen atoms in total. The van der Waals surface area contributed by atoms with Crippen LogP contribution < -0.4 is 19.5 Å². The second kappa shape index (κ2) is 10.4. The van der Waals surface area contributed by atoms with E-state index >= 15 is 0 Å². The molecule has 0 saturated heterocycles. The van der Waals surface area contributed by atoms with Gasteiger partial charge in [-0.1, -0.05) is 30.3 Å². The van der Waals surface area contributed by atoms with Crippen LogP contribution in [0.4, 0.5) is 0 Å². The van der Waals surface area contributed by atoms with Gasteiger partial charge in [0.1, 0.15) is 0 Å². The average molecular weight is 448 g/mol. The van der Waals surface area contributed by atoms with Crippen molar-refractivity contribution in [2.24, 2.45) is 0 Å². The van der Waals surface area contributed by atoms with Crippen molar-refractivity contribution < 1.29 is 19.0 Å². The quantitative estimate of drug-likeness (QED) is 0.569. The maximum atomic E-state index is 13.1. The highest BCUT2D eigenvalue weighted by molar-refractivity contribution is 5.95. The number of methoxy groups -OCH3 is 3. The molecule has 1 aromatic heterocycles. The third-order valence-electron chi connectivity index (χ3n) is 6.05. The van der Waals surface area contributed by atoms with Gasteiger partial charge in [-0.25, -0.2) is 0 Å². The molecule has 0 spiro atoms. The first kappa shape index (κ1) is 22.6. The summed E-state index contributed by atoms with van der Waals surface area (Å²) >= 11 is 0. The fourth-order valence-corrected chi connectivity index (χ4v) is 4.32. The summed E-state index contributed by atoms with van der Waals surface area (Å²) in [5.74, 6) is 1.13. The summed E-state index contributed by atoms with van der Waals surface area (Å²) in [6, 6.07) is 15.8. The van der Waals surface area contributed by atoms with Crippen molar-refractivity contribution >= 4 is 5.91 Å². The number of hydrogen-bond acceptors (Lipinski definition) is 6. The molecule has 2 heterocycles. The topological polar surface area (TPSA) is 72.9 Å². The molecule has 0 saturated carbocycles.